The van der Waals surface area contributed by atoms with Gasteiger partial charge in [0.1, 0.15) is 17.3 Å². The lowest BCUT2D eigenvalue weighted by Crippen LogP contribution is -2.32. The molecule has 4 aromatic rings. The smallest absolute Gasteiger partial charge is 0.329 e. The van der Waals surface area contributed by atoms with E-state index in [2.05, 4.69) is 15.8 Å². The number of aryl methyl sites for hydroxylation is 2. The highest BCUT2D eigenvalue weighted by molar-refractivity contribution is 7.89. The van der Waals surface area contributed by atoms with E-state index in [-0.39, 0.29) is 23.7 Å². The van der Waals surface area contributed by atoms with Gasteiger partial charge in [-0.3, -0.25) is 9.59 Å². The lowest BCUT2D eigenvalue weighted by molar-refractivity contribution is -0.136. The molecule has 2 amide bonds. The van der Waals surface area contributed by atoms with Gasteiger partial charge < -0.3 is 14.5 Å². The highest BCUT2D eigenvalue weighted by atomic mass is 35.5. The van der Waals surface area contributed by atoms with E-state index in [0.717, 1.165) is 16.7 Å². The monoisotopic (exact) mass is 608 g/mol. The predicted octanol–water partition coefficient (Wildman–Crippen LogP) is 5.04. The number of carbonyl (C=O) groups is 2. The van der Waals surface area contributed by atoms with E-state index in [1.165, 1.54) is 41.9 Å². The number of hydrogen-bond acceptors (Lipinski definition) is 7. The standard InChI is InChI=1S/C30H29ClN4O6S/c1-20-4-7-22(8-5-20)18-35(42(38,39)26-13-9-23(31)10-14-26)19-25-12-11-24(41-25)17-32-34-30(37)29(36)33-27-16-21(2)6-15-28(27)40-3/h4-17H,18-19H2,1-3H3,(H,33,36)(H,34,37)/b32-17+. The van der Waals surface area contributed by atoms with Gasteiger partial charge in [0.2, 0.25) is 10.0 Å². The Balaban J connectivity index is 1.44. The summed E-state index contributed by atoms with van der Waals surface area (Å²) in [4.78, 5) is 24.6. The Hall–Kier alpha value is -4.45. The van der Waals surface area contributed by atoms with Gasteiger partial charge in [0, 0.05) is 11.6 Å². The lowest BCUT2D eigenvalue weighted by Gasteiger charge is -2.21. The molecule has 0 bridgehead atoms. The van der Waals surface area contributed by atoms with Crippen molar-refractivity contribution in [3.05, 3.63) is 112 Å². The largest absolute Gasteiger partial charge is 0.495 e. The van der Waals surface area contributed by atoms with E-state index in [4.69, 9.17) is 20.8 Å². The second kappa shape index (κ2) is 13.5. The molecule has 4 rings (SSSR count). The Morgan fingerprint density at radius 2 is 1.62 bits per heavy atom. The summed E-state index contributed by atoms with van der Waals surface area (Å²) in [5.74, 6) is -0.944. The molecule has 2 N–H and O–H groups in total. The zero-order chi connectivity index (χ0) is 30.3. The average Bonchev–Trinajstić information content (AvgIpc) is 3.41. The fraction of sp³-hybridized carbons (Fsp3) is 0.167. The van der Waals surface area contributed by atoms with Crippen molar-refractivity contribution in [2.75, 3.05) is 12.4 Å². The highest BCUT2D eigenvalue weighted by Crippen LogP contribution is 2.25. The van der Waals surface area contributed by atoms with Gasteiger partial charge in [-0.2, -0.15) is 9.41 Å². The first kappa shape index (κ1) is 30.5. The number of carbonyl (C=O) groups excluding carboxylic acids is 2. The van der Waals surface area contributed by atoms with Gasteiger partial charge in [-0.15, -0.1) is 0 Å². The van der Waals surface area contributed by atoms with Gasteiger partial charge in [0.25, 0.3) is 0 Å². The molecular formula is C30H29ClN4O6S. The van der Waals surface area contributed by atoms with Crippen molar-refractivity contribution in [1.82, 2.24) is 9.73 Å². The molecular weight excluding hydrogens is 580 g/mol. The molecule has 0 unspecified atom stereocenters. The van der Waals surface area contributed by atoms with Crippen LogP contribution in [0.25, 0.3) is 0 Å². The SMILES string of the molecule is COc1ccc(C)cc1NC(=O)C(=O)N/N=C/c1ccc(CN(Cc2ccc(C)cc2)S(=O)(=O)c2ccc(Cl)cc2)o1. The molecule has 0 radical (unpaired) electrons. The predicted molar refractivity (Wildman–Crippen MR) is 160 cm³/mol. The number of amides is 2. The molecule has 0 fully saturated rings. The van der Waals surface area contributed by atoms with Crippen molar-refractivity contribution in [2.45, 2.75) is 31.8 Å². The third-order valence-corrected chi connectivity index (χ3v) is 8.17. The first-order valence-electron chi connectivity index (χ1n) is 12.7. The summed E-state index contributed by atoms with van der Waals surface area (Å²) in [5.41, 5.74) is 5.22. The Morgan fingerprint density at radius 3 is 2.31 bits per heavy atom. The van der Waals surface area contributed by atoms with Gasteiger partial charge in [-0.25, -0.2) is 13.8 Å². The van der Waals surface area contributed by atoms with E-state index in [1.54, 1.807) is 24.3 Å². The number of anilines is 1. The second-order valence-electron chi connectivity index (χ2n) is 9.37. The minimum atomic E-state index is -3.92. The number of hydrazone groups is 1. The van der Waals surface area contributed by atoms with Crippen LogP contribution in [0.15, 0.2) is 93.3 Å². The number of benzene rings is 3. The van der Waals surface area contributed by atoms with Crippen molar-refractivity contribution < 1.29 is 27.2 Å². The first-order valence-corrected chi connectivity index (χ1v) is 14.6. The van der Waals surface area contributed by atoms with E-state index in [1.807, 2.05) is 44.2 Å². The molecule has 10 nitrogen and oxygen atoms in total. The molecule has 1 heterocycles. The molecule has 3 aromatic carbocycles. The van der Waals surface area contributed by atoms with Gasteiger partial charge in [-0.1, -0.05) is 47.5 Å². The molecule has 12 heteroatoms. The molecule has 0 aliphatic heterocycles. The van der Waals surface area contributed by atoms with E-state index < -0.39 is 21.8 Å². The molecule has 218 valence electrons. The van der Waals surface area contributed by atoms with Gasteiger partial charge in [-0.05, 0) is 73.5 Å². The van der Waals surface area contributed by atoms with Crippen molar-refractivity contribution in [2.24, 2.45) is 5.10 Å². The second-order valence-corrected chi connectivity index (χ2v) is 11.7. The molecule has 0 atom stereocenters. The molecule has 0 spiro atoms. The average molecular weight is 609 g/mol. The summed E-state index contributed by atoms with van der Waals surface area (Å²) < 4.78 is 39.4. The molecule has 0 aliphatic rings. The van der Waals surface area contributed by atoms with E-state index in [9.17, 15) is 18.0 Å². The molecule has 42 heavy (non-hydrogen) atoms. The number of hydrogen-bond donors (Lipinski definition) is 2. The maximum absolute atomic E-state index is 13.5. The third kappa shape index (κ3) is 7.84. The van der Waals surface area contributed by atoms with Crippen LogP contribution < -0.4 is 15.5 Å². The number of methoxy groups -OCH3 is 1. The Bertz CT molecular complexity index is 1700. The minimum absolute atomic E-state index is 0.0697. The first-order chi connectivity index (χ1) is 20.0. The zero-order valence-electron chi connectivity index (χ0n) is 23.1. The summed E-state index contributed by atoms with van der Waals surface area (Å²) in [5, 5.41) is 6.69. The van der Waals surface area contributed by atoms with Crippen LogP contribution in [0.1, 0.15) is 28.2 Å². The lowest BCUT2D eigenvalue weighted by atomic mass is 10.1. The van der Waals surface area contributed by atoms with Crippen LogP contribution in [-0.2, 0) is 32.7 Å². The van der Waals surface area contributed by atoms with Crippen molar-refractivity contribution in [3.8, 4) is 5.75 Å². The topological polar surface area (TPSA) is 130 Å². The van der Waals surface area contributed by atoms with Crippen molar-refractivity contribution in [1.29, 1.82) is 0 Å². The van der Waals surface area contributed by atoms with Gasteiger partial charge >= 0.3 is 11.8 Å². The molecule has 0 saturated heterocycles. The van der Waals surface area contributed by atoms with Gasteiger partial charge in [0.05, 0.1) is 30.5 Å². The van der Waals surface area contributed by atoms with Crippen LogP contribution in [0, 0.1) is 13.8 Å². The summed E-state index contributed by atoms with van der Waals surface area (Å²) in [6, 6.07) is 21.9. The quantitative estimate of drug-likeness (QED) is 0.147. The van der Waals surface area contributed by atoms with Crippen LogP contribution in [0.3, 0.4) is 0 Å². The maximum atomic E-state index is 13.5. The number of ether oxygens (including phenoxy) is 1. The fourth-order valence-electron chi connectivity index (χ4n) is 3.91. The van der Waals surface area contributed by atoms with E-state index >= 15 is 0 Å². The fourth-order valence-corrected chi connectivity index (χ4v) is 5.43. The summed E-state index contributed by atoms with van der Waals surface area (Å²) in [7, 11) is -2.46. The maximum Gasteiger partial charge on any atom is 0.329 e. The molecule has 0 aliphatic carbocycles. The van der Waals surface area contributed by atoms with Crippen LogP contribution >= 0.6 is 11.6 Å². The Kier molecular flexibility index (Phi) is 9.79. The van der Waals surface area contributed by atoms with Crippen molar-refractivity contribution in [3.63, 3.8) is 0 Å². The Labute approximate surface area is 249 Å². The zero-order valence-corrected chi connectivity index (χ0v) is 24.7. The number of nitrogens with zero attached hydrogens (tertiary/aromatic N) is 2. The van der Waals surface area contributed by atoms with E-state index in [0.29, 0.717) is 22.2 Å². The molecule has 1 aromatic heterocycles. The van der Waals surface area contributed by atoms with Crippen LogP contribution in [0.2, 0.25) is 5.02 Å². The number of rotatable bonds is 10. The van der Waals surface area contributed by atoms with Crippen LogP contribution in [0.5, 0.6) is 5.75 Å². The van der Waals surface area contributed by atoms with Crippen LogP contribution in [0.4, 0.5) is 5.69 Å². The third-order valence-electron chi connectivity index (χ3n) is 6.11. The summed E-state index contributed by atoms with van der Waals surface area (Å²) in [6.45, 7) is 3.83. The number of furan rings is 1. The summed E-state index contributed by atoms with van der Waals surface area (Å²) >= 11 is 5.96. The van der Waals surface area contributed by atoms with Crippen LogP contribution in [-0.4, -0.2) is 37.9 Å². The van der Waals surface area contributed by atoms with Gasteiger partial charge in [0.15, 0.2) is 0 Å². The number of sulfonamides is 1. The minimum Gasteiger partial charge on any atom is -0.495 e. The molecule has 0 saturated carbocycles. The summed E-state index contributed by atoms with van der Waals surface area (Å²) in [6.07, 6.45) is 1.21. The Morgan fingerprint density at radius 1 is 0.929 bits per heavy atom. The number of nitrogens with one attached hydrogen (secondary N) is 2. The van der Waals surface area contributed by atoms with Crippen molar-refractivity contribution >= 4 is 45.3 Å². The number of halogens is 1. The normalized spacial score (nSPS) is 11.5. The highest BCUT2D eigenvalue weighted by Gasteiger charge is 2.26.